The second kappa shape index (κ2) is 6.38. The fraction of sp³-hybridized carbons (Fsp3) is 0.471. The summed E-state index contributed by atoms with van der Waals surface area (Å²) < 4.78 is 5.90. The van der Waals surface area contributed by atoms with Gasteiger partial charge in [-0.25, -0.2) is 0 Å². The van der Waals surface area contributed by atoms with Gasteiger partial charge < -0.3 is 20.5 Å². The second-order valence-corrected chi connectivity index (χ2v) is 6.53. The lowest BCUT2D eigenvalue weighted by Gasteiger charge is -2.47. The fourth-order valence-corrected chi connectivity index (χ4v) is 2.98. The van der Waals surface area contributed by atoms with Crippen LogP contribution < -0.4 is 10.5 Å². The summed E-state index contributed by atoms with van der Waals surface area (Å²) in [5, 5.41) is 28.9. The van der Waals surface area contributed by atoms with Crippen LogP contribution in [0.25, 0.3) is 0 Å². The zero-order valence-electron chi connectivity index (χ0n) is 14.2. The van der Waals surface area contributed by atoms with E-state index in [9.17, 15) is 10.4 Å². The molecule has 0 spiro atoms. The van der Waals surface area contributed by atoms with Crippen molar-refractivity contribution in [1.29, 1.82) is 10.5 Å². The van der Waals surface area contributed by atoms with E-state index in [-0.39, 0.29) is 12.0 Å². The average Bonchev–Trinajstić information content (AvgIpc) is 2.51. The summed E-state index contributed by atoms with van der Waals surface area (Å²) in [4.78, 5) is 5.31. The van der Waals surface area contributed by atoms with Gasteiger partial charge in [0.15, 0.2) is 0 Å². The first-order valence-corrected chi connectivity index (χ1v) is 7.64. The number of guanidine groups is 1. The van der Waals surface area contributed by atoms with Crippen LogP contribution in [0, 0.1) is 22.8 Å². The Bertz CT molecular complexity index is 742. The highest BCUT2D eigenvalue weighted by Crippen LogP contribution is 2.43. The summed E-state index contributed by atoms with van der Waals surface area (Å²) >= 11 is 0. The number of rotatable bonds is 2. The number of fused-ring (bicyclic) bond motifs is 1. The van der Waals surface area contributed by atoms with Crippen LogP contribution in [0.15, 0.2) is 23.2 Å². The van der Waals surface area contributed by atoms with Crippen LogP contribution in [0.1, 0.15) is 44.9 Å². The molecule has 2 atom stereocenters. The van der Waals surface area contributed by atoms with Crippen molar-refractivity contribution in [1.82, 2.24) is 4.90 Å². The van der Waals surface area contributed by atoms with Crippen LogP contribution >= 0.6 is 0 Å². The van der Waals surface area contributed by atoms with Gasteiger partial charge in [0.05, 0.1) is 17.7 Å². The standard InChI is InChI=1S/C17H21N5O2/c1-10(2)22(16(20)21-9-19)14-12-7-11(8-18)5-6-13(12)24-17(3,4)15(14)23/h5-7,10,14-15,23H,1-4H3,(H2,20,21)/t14-,15+/m0/s1. The van der Waals surface area contributed by atoms with E-state index in [1.807, 2.05) is 13.8 Å². The molecule has 1 aliphatic rings. The third-order valence-corrected chi connectivity index (χ3v) is 4.13. The van der Waals surface area contributed by atoms with Gasteiger partial charge in [-0.15, -0.1) is 4.99 Å². The molecule has 7 heteroatoms. The zero-order chi connectivity index (χ0) is 18.1. The van der Waals surface area contributed by atoms with Gasteiger partial charge in [-0.1, -0.05) is 0 Å². The fourth-order valence-electron chi connectivity index (χ4n) is 2.98. The van der Waals surface area contributed by atoms with E-state index >= 15 is 0 Å². The monoisotopic (exact) mass is 327 g/mol. The molecule has 0 radical (unpaired) electrons. The van der Waals surface area contributed by atoms with Gasteiger partial charge in [0.25, 0.3) is 0 Å². The normalized spacial score (nSPS) is 22.1. The number of hydrogen-bond acceptors (Lipinski definition) is 5. The molecule has 0 unspecified atom stereocenters. The summed E-state index contributed by atoms with van der Waals surface area (Å²) in [5.41, 5.74) is 6.20. The molecule has 0 saturated heterocycles. The Morgan fingerprint density at radius 2 is 2.08 bits per heavy atom. The number of ether oxygens (including phenoxy) is 1. The van der Waals surface area contributed by atoms with Crippen LogP contribution in [0.5, 0.6) is 5.75 Å². The Morgan fingerprint density at radius 1 is 1.42 bits per heavy atom. The van der Waals surface area contributed by atoms with Crippen molar-refractivity contribution in [3.63, 3.8) is 0 Å². The molecule has 0 aliphatic carbocycles. The molecule has 1 aromatic carbocycles. The molecular weight excluding hydrogens is 306 g/mol. The number of benzene rings is 1. The molecule has 2 rings (SSSR count). The van der Waals surface area contributed by atoms with E-state index in [0.717, 1.165) is 0 Å². The lowest BCUT2D eigenvalue weighted by atomic mass is 9.84. The molecule has 0 saturated carbocycles. The summed E-state index contributed by atoms with van der Waals surface area (Å²) in [6.45, 7) is 7.34. The van der Waals surface area contributed by atoms with Crippen LogP contribution in [0.3, 0.4) is 0 Å². The number of aliphatic hydroxyl groups excluding tert-OH is 1. The lowest BCUT2D eigenvalue weighted by molar-refractivity contribution is -0.0854. The highest BCUT2D eigenvalue weighted by Gasteiger charge is 2.46. The molecule has 0 aromatic heterocycles. The number of aliphatic imine (C=N–C) groups is 1. The van der Waals surface area contributed by atoms with E-state index in [0.29, 0.717) is 16.9 Å². The van der Waals surface area contributed by atoms with Crippen molar-refractivity contribution >= 4 is 5.96 Å². The van der Waals surface area contributed by atoms with Crippen molar-refractivity contribution in [3.05, 3.63) is 29.3 Å². The minimum atomic E-state index is -0.936. The molecule has 0 amide bonds. The van der Waals surface area contributed by atoms with E-state index in [4.69, 9.17) is 15.7 Å². The highest BCUT2D eigenvalue weighted by atomic mass is 16.5. The average molecular weight is 327 g/mol. The molecule has 0 bridgehead atoms. The number of hydrogen-bond donors (Lipinski definition) is 2. The van der Waals surface area contributed by atoms with E-state index in [2.05, 4.69) is 11.1 Å². The third kappa shape index (κ3) is 2.99. The maximum atomic E-state index is 10.9. The van der Waals surface area contributed by atoms with Crippen molar-refractivity contribution in [2.24, 2.45) is 10.7 Å². The molecule has 126 valence electrons. The van der Waals surface area contributed by atoms with Crippen molar-refractivity contribution in [2.75, 3.05) is 0 Å². The van der Waals surface area contributed by atoms with Crippen molar-refractivity contribution in [2.45, 2.75) is 51.5 Å². The quantitative estimate of drug-likeness (QED) is 0.484. The number of aliphatic hydroxyl groups is 1. The van der Waals surface area contributed by atoms with E-state index in [1.54, 1.807) is 43.1 Å². The van der Waals surface area contributed by atoms with Crippen LogP contribution in [0.4, 0.5) is 0 Å². The SMILES string of the molecule is CC(C)N(C(N)=NC#N)[C@H]1c2cc(C#N)ccc2OC(C)(C)[C@@H]1O. The molecule has 1 heterocycles. The van der Waals surface area contributed by atoms with Gasteiger partial charge in [0.1, 0.15) is 17.5 Å². The maximum Gasteiger partial charge on any atom is 0.209 e. The third-order valence-electron chi connectivity index (χ3n) is 4.13. The van der Waals surface area contributed by atoms with Gasteiger partial charge in [-0.2, -0.15) is 10.5 Å². The Morgan fingerprint density at radius 3 is 2.62 bits per heavy atom. The maximum absolute atomic E-state index is 10.9. The van der Waals surface area contributed by atoms with Crippen LogP contribution in [0.2, 0.25) is 0 Å². The summed E-state index contributed by atoms with van der Waals surface area (Å²) in [6.07, 6.45) is 0.744. The van der Waals surface area contributed by atoms with Crippen molar-refractivity contribution < 1.29 is 9.84 Å². The highest BCUT2D eigenvalue weighted by molar-refractivity contribution is 5.80. The summed E-state index contributed by atoms with van der Waals surface area (Å²) in [5.74, 6) is 0.590. The number of nitrogens with zero attached hydrogens (tertiary/aromatic N) is 4. The summed E-state index contributed by atoms with van der Waals surface area (Å²) in [6, 6.07) is 6.42. The molecule has 1 aromatic rings. The van der Waals surface area contributed by atoms with E-state index < -0.39 is 17.7 Å². The minimum Gasteiger partial charge on any atom is -0.485 e. The molecule has 1 aliphatic heterocycles. The second-order valence-electron chi connectivity index (χ2n) is 6.53. The van der Waals surface area contributed by atoms with E-state index in [1.165, 1.54) is 0 Å². The van der Waals surface area contributed by atoms with Gasteiger partial charge >= 0.3 is 0 Å². The van der Waals surface area contributed by atoms with Gasteiger partial charge in [0.2, 0.25) is 12.2 Å². The zero-order valence-corrected chi connectivity index (χ0v) is 14.2. The number of nitriles is 2. The van der Waals surface area contributed by atoms with Gasteiger partial charge in [0, 0.05) is 11.6 Å². The number of nitrogens with two attached hydrogens (primary N) is 1. The predicted molar refractivity (Wildman–Crippen MR) is 88.8 cm³/mol. The molecule has 7 nitrogen and oxygen atoms in total. The smallest absolute Gasteiger partial charge is 0.209 e. The molecule has 3 N–H and O–H groups in total. The van der Waals surface area contributed by atoms with Crippen molar-refractivity contribution in [3.8, 4) is 18.0 Å². The Hall–Kier alpha value is -2.77. The first-order chi connectivity index (χ1) is 11.2. The van der Waals surface area contributed by atoms with Crippen LogP contribution in [-0.2, 0) is 0 Å². The largest absolute Gasteiger partial charge is 0.485 e. The Labute approximate surface area is 141 Å². The first kappa shape index (κ1) is 17.6. The topological polar surface area (TPSA) is 119 Å². The van der Waals surface area contributed by atoms with Gasteiger partial charge in [-0.05, 0) is 45.9 Å². The van der Waals surface area contributed by atoms with Crippen LogP contribution in [-0.4, -0.2) is 33.7 Å². The molecule has 24 heavy (non-hydrogen) atoms. The summed E-state index contributed by atoms with van der Waals surface area (Å²) in [7, 11) is 0. The lowest BCUT2D eigenvalue weighted by Crippen LogP contribution is -2.57. The molecule has 0 fully saturated rings. The Balaban J connectivity index is 2.68. The molecular formula is C17H21N5O2. The van der Waals surface area contributed by atoms with Gasteiger partial charge in [-0.3, -0.25) is 0 Å². The minimum absolute atomic E-state index is 0.0163. The predicted octanol–water partition coefficient (Wildman–Crippen LogP) is 1.64. The first-order valence-electron chi connectivity index (χ1n) is 7.64. The Kier molecular flexibility index (Phi) is 4.68.